The number of hydrogen-bond acceptors (Lipinski definition) is 4. The van der Waals surface area contributed by atoms with E-state index in [4.69, 9.17) is 0 Å². The zero-order valence-corrected chi connectivity index (χ0v) is 16.8. The zero-order valence-electron chi connectivity index (χ0n) is 15.2. The number of nitrogens with one attached hydrogen (secondary N) is 1. The summed E-state index contributed by atoms with van der Waals surface area (Å²) in [6.07, 6.45) is 8.24. The second-order valence-electron chi connectivity index (χ2n) is 7.03. The summed E-state index contributed by atoms with van der Waals surface area (Å²) in [7, 11) is -3.21. The molecule has 5 nitrogen and oxygen atoms in total. The first kappa shape index (κ1) is 19.5. The zero-order chi connectivity index (χ0) is 18.4. The van der Waals surface area contributed by atoms with Crippen molar-refractivity contribution in [3.05, 3.63) is 29.8 Å². The summed E-state index contributed by atoms with van der Waals surface area (Å²) in [6, 6.07) is 6.88. The standard InChI is InChI=1S/C19H28N2O3S2/c22-19(20-12-14-25-18-6-2-1-3-7-18)16-8-10-17(11-9-16)21-13-4-5-15-26(21,23)24/h8-11,18H,1-7,12-15H2,(H,20,22). The van der Waals surface area contributed by atoms with E-state index in [1.54, 1.807) is 24.3 Å². The summed E-state index contributed by atoms with van der Waals surface area (Å²) >= 11 is 1.97. The molecule has 1 amide bonds. The van der Waals surface area contributed by atoms with Crippen LogP contribution in [0.5, 0.6) is 0 Å². The Bertz CT molecular complexity index is 698. The number of thioether (sulfide) groups is 1. The molecule has 0 bridgehead atoms. The van der Waals surface area contributed by atoms with E-state index in [2.05, 4.69) is 5.32 Å². The monoisotopic (exact) mass is 396 g/mol. The van der Waals surface area contributed by atoms with Gasteiger partial charge in [0.25, 0.3) is 5.91 Å². The quantitative estimate of drug-likeness (QED) is 0.748. The number of carbonyl (C=O) groups excluding carboxylic acids is 1. The lowest BCUT2D eigenvalue weighted by Crippen LogP contribution is -2.37. The van der Waals surface area contributed by atoms with Crippen molar-refractivity contribution in [1.29, 1.82) is 0 Å². The van der Waals surface area contributed by atoms with Crippen molar-refractivity contribution < 1.29 is 13.2 Å². The number of benzene rings is 1. The van der Waals surface area contributed by atoms with Crippen LogP contribution in [-0.2, 0) is 10.0 Å². The minimum Gasteiger partial charge on any atom is -0.351 e. The van der Waals surface area contributed by atoms with Crippen molar-refractivity contribution in [3.8, 4) is 0 Å². The van der Waals surface area contributed by atoms with Crippen LogP contribution in [0.25, 0.3) is 0 Å². The van der Waals surface area contributed by atoms with Crippen molar-refractivity contribution in [1.82, 2.24) is 5.32 Å². The van der Waals surface area contributed by atoms with Crippen LogP contribution in [0, 0.1) is 0 Å². The molecule has 0 aromatic heterocycles. The van der Waals surface area contributed by atoms with Crippen LogP contribution in [0.15, 0.2) is 24.3 Å². The Morgan fingerprint density at radius 3 is 2.50 bits per heavy atom. The van der Waals surface area contributed by atoms with Gasteiger partial charge >= 0.3 is 0 Å². The lowest BCUT2D eigenvalue weighted by atomic mass is 10.0. The highest BCUT2D eigenvalue weighted by atomic mass is 32.2. The van der Waals surface area contributed by atoms with Gasteiger partial charge in [-0.15, -0.1) is 0 Å². The molecule has 1 aromatic rings. The van der Waals surface area contributed by atoms with Gasteiger partial charge < -0.3 is 5.32 Å². The average molecular weight is 397 g/mol. The fraction of sp³-hybridized carbons (Fsp3) is 0.632. The SMILES string of the molecule is O=C(NCCSC1CCCCC1)c1ccc(N2CCCCS2(=O)=O)cc1. The van der Waals surface area contributed by atoms with Crippen molar-refractivity contribution in [2.45, 2.75) is 50.2 Å². The molecule has 1 aliphatic heterocycles. The second-order valence-corrected chi connectivity index (χ2v) is 10.4. The number of sulfonamides is 1. The molecule has 7 heteroatoms. The highest BCUT2D eigenvalue weighted by Crippen LogP contribution is 2.28. The minimum atomic E-state index is -3.21. The summed E-state index contributed by atoms with van der Waals surface area (Å²) in [5.41, 5.74) is 1.22. The Labute approximate surface area is 161 Å². The van der Waals surface area contributed by atoms with E-state index in [0.29, 0.717) is 24.3 Å². The summed E-state index contributed by atoms with van der Waals surface area (Å²) in [4.78, 5) is 12.3. The Hall–Kier alpha value is -1.21. The fourth-order valence-corrected chi connectivity index (χ4v) is 6.44. The first-order valence-electron chi connectivity index (χ1n) is 9.56. The molecule has 0 atom stereocenters. The van der Waals surface area contributed by atoms with E-state index >= 15 is 0 Å². The van der Waals surface area contributed by atoms with Gasteiger partial charge in [0, 0.05) is 29.7 Å². The molecule has 144 valence electrons. The van der Waals surface area contributed by atoms with Crippen molar-refractivity contribution >= 4 is 33.4 Å². The number of carbonyl (C=O) groups is 1. The third-order valence-corrected chi connectivity index (χ3v) is 8.31. The Balaban J connectivity index is 1.47. The number of anilines is 1. The molecule has 2 fully saturated rings. The Morgan fingerprint density at radius 2 is 1.81 bits per heavy atom. The smallest absolute Gasteiger partial charge is 0.251 e. The molecular weight excluding hydrogens is 368 g/mol. The molecular formula is C19H28N2O3S2. The van der Waals surface area contributed by atoms with Crippen LogP contribution < -0.4 is 9.62 Å². The van der Waals surface area contributed by atoms with Gasteiger partial charge in [0.15, 0.2) is 0 Å². The van der Waals surface area contributed by atoms with Gasteiger partial charge in [-0.3, -0.25) is 9.10 Å². The van der Waals surface area contributed by atoms with Crippen molar-refractivity contribution in [2.75, 3.05) is 28.9 Å². The fourth-order valence-electron chi connectivity index (χ4n) is 3.58. The maximum atomic E-state index is 12.3. The van der Waals surface area contributed by atoms with Crippen LogP contribution in [0.3, 0.4) is 0 Å². The van der Waals surface area contributed by atoms with Crippen molar-refractivity contribution in [3.63, 3.8) is 0 Å². The van der Waals surface area contributed by atoms with E-state index in [0.717, 1.165) is 23.8 Å². The predicted molar refractivity (Wildman–Crippen MR) is 108 cm³/mol. The van der Waals surface area contributed by atoms with E-state index in [9.17, 15) is 13.2 Å². The van der Waals surface area contributed by atoms with Crippen LogP contribution in [0.1, 0.15) is 55.3 Å². The van der Waals surface area contributed by atoms with Gasteiger partial charge in [-0.05, 0) is 49.9 Å². The number of rotatable bonds is 6. The normalized spacial score (nSPS) is 20.7. The third kappa shape index (κ3) is 5.16. The summed E-state index contributed by atoms with van der Waals surface area (Å²) in [6.45, 7) is 1.19. The Kier molecular flexibility index (Phi) is 6.86. The third-order valence-electron chi connectivity index (χ3n) is 5.06. The highest BCUT2D eigenvalue weighted by Gasteiger charge is 2.26. The van der Waals surface area contributed by atoms with Gasteiger partial charge in [0.1, 0.15) is 0 Å². The minimum absolute atomic E-state index is 0.0951. The number of hydrogen-bond donors (Lipinski definition) is 1. The van der Waals surface area contributed by atoms with Gasteiger partial charge in [-0.1, -0.05) is 19.3 Å². The van der Waals surface area contributed by atoms with Crippen LogP contribution in [-0.4, -0.2) is 44.2 Å². The van der Waals surface area contributed by atoms with Gasteiger partial charge in [-0.25, -0.2) is 8.42 Å². The summed E-state index contributed by atoms with van der Waals surface area (Å²) in [5, 5.41) is 3.72. The maximum Gasteiger partial charge on any atom is 0.251 e. The molecule has 1 aromatic carbocycles. The molecule has 1 saturated heterocycles. The van der Waals surface area contributed by atoms with Gasteiger partial charge in [0.2, 0.25) is 10.0 Å². The maximum absolute atomic E-state index is 12.3. The first-order chi connectivity index (χ1) is 12.6. The molecule has 0 radical (unpaired) electrons. The highest BCUT2D eigenvalue weighted by molar-refractivity contribution is 7.99. The molecule has 0 spiro atoms. The molecule has 0 unspecified atom stereocenters. The topological polar surface area (TPSA) is 66.5 Å². The summed E-state index contributed by atoms with van der Waals surface area (Å²) < 4.78 is 25.8. The van der Waals surface area contributed by atoms with Crippen LogP contribution in [0.4, 0.5) is 5.69 Å². The van der Waals surface area contributed by atoms with Crippen molar-refractivity contribution in [2.24, 2.45) is 0 Å². The van der Waals surface area contributed by atoms with Gasteiger partial charge in [-0.2, -0.15) is 11.8 Å². The first-order valence-corrected chi connectivity index (χ1v) is 12.2. The number of amides is 1. The second kappa shape index (κ2) is 9.13. The van der Waals surface area contributed by atoms with Crippen LogP contribution in [0.2, 0.25) is 0 Å². The molecule has 3 rings (SSSR count). The molecule has 2 aliphatic rings. The van der Waals surface area contributed by atoms with Crippen LogP contribution >= 0.6 is 11.8 Å². The summed E-state index contributed by atoms with van der Waals surface area (Å²) in [5.74, 6) is 1.05. The lowest BCUT2D eigenvalue weighted by molar-refractivity contribution is 0.0956. The molecule has 1 aliphatic carbocycles. The van der Waals surface area contributed by atoms with E-state index in [-0.39, 0.29) is 11.7 Å². The van der Waals surface area contributed by atoms with E-state index in [1.165, 1.54) is 36.4 Å². The molecule has 1 saturated carbocycles. The lowest BCUT2D eigenvalue weighted by Gasteiger charge is -2.28. The molecule has 1 heterocycles. The molecule has 26 heavy (non-hydrogen) atoms. The number of nitrogens with zero attached hydrogens (tertiary/aromatic N) is 1. The molecule has 1 N–H and O–H groups in total. The average Bonchev–Trinajstić information content (AvgIpc) is 2.66. The van der Waals surface area contributed by atoms with Gasteiger partial charge in [0.05, 0.1) is 11.4 Å². The van der Waals surface area contributed by atoms with E-state index in [1.807, 2.05) is 11.8 Å². The largest absolute Gasteiger partial charge is 0.351 e. The Morgan fingerprint density at radius 1 is 1.08 bits per heavy atom. The van der Waals surface area contributed by atoms with E-state index < -0.39 is 10.0 Å². The predicted octanol–water partition coefficient (Wildman–Crippen LogP) is 3.41.